The first-order chi connectivity index (χ1) is 23.4. The lowest BCUT2D eigenvalue weighted by Crippen LogP contribution is -2.53. The van der Waals surface area contributed by atoms with Crippen molar-refractivity contribution in [3.8, 4) is 0 Å². The molecule has 49 heavy (non-hydrogen) atoms. The fraction of sp³-hybridized carbons (Fsp3) is 0.474. The zero-order chi connectivity index (χ0) is 36.0. The first-order valence-electron chi connectivity index (χ1n) is 17.0. The number of nitrogens with one attached hydrogen (secondary N) is 2. The summed E-state index contributed by atoms with van der Waals surface area (Å²) in [5.74, 6) is -0.600. The van der Waals surface area contributed by atoms with Crippen LogP contribution in [0.25, 0.3) is 0 Å². The predicted molar refractivity (Wildman–Crippen MR) is 191 cm³/mol. The van der Waals surface area contributed by atoms with Crippen LogP contribution in [0.2, 0.25) is 0 Å². The number of carbonyl (C=O) groups excluding carboxylic acids is 2. The van der Waals surface area contributed by atoms with Gasteiger partial charge in [-0.3, -0.25) is 4.79 Å². The summed E-state index contributed by atoms with van der Waals surface area (Å²) in [5, 5.41) is 25.8. The van der Waals surface area contributed by atoms with Gasteiger partial charge in [-0.15, -0.1) is 0 Å². The van der Waals surface area contributed by atoms with Gasteiger partial charge in [-0.2, -0.15) is 4.31 Å². The van der Waals surface area contributed by atoms with E-state index in [4.69, 9.17) is 4.74 Å². The highest BCUT2D eigenvalue weighted by molar-refractivity contribution is 7.89. The van der Waals surface area contributed by atoms with Gasteiger partial charge in [0.1, 0.15) is 6.04 Å². The number of carbonyl (C=O) groups is 2. The molecule has 2 amide bonds. The Morgan fingerprint density at radius 3 is 1.84 bits per heavy atom. The van der Waals surface area contributed by atoms with Gasteiger partial charge in [0.25, 0.3) is 0 Å². The van der Waals surface area contributed by atoms with E-state index >= 15 is 0 Å². The molecular formula is C38H53N3O7S. The fourth-order valence-electron chi connectivity index (χ4n) is 5.92. The van der Waals surface area contributed by atoms with Crippen molar-refractivity contribution in [2.24, 2.45) is 11.8 Å². The average Bonchev–Trinajstić information content (AvgIpc) is 3.10. The van der Waals surface area contributed by atoms with Crippen LogP contribution in [0.1, 0.15) is 76.0 Å². The van der Waals surface area contributed by atoms with Gasteiger partial charge < -0.3 is 25.6 Å². The number of benzene rings is 3. The van der Waals surface area contributed by atoms with Gasteiger partial charge in [-0.1, -0.05) is 100 Å². The number of aliphatic hydroxyl groups is 2. The summed E-state index contributed by atoms with van der Waals surface area (Å²) in [7, 11) is -2.68. The molecule has 268 valence electrons. The normalized spacial score (nSPS) is 13.8. The molecule has 0 fully saturated rings. The SMILES string of the molecule is COC(=O)N[C@H](C(=O)N[C@H](CCC[C@@H](CO)N(CCC(C)C)S(=O)(=O)c1ccc(CO)cc1)C(C)C)C(c1ccccc1)c1ccccc1. The van der Waals surface area contributed by atoms with E-state index in [1.165, 1.54) is 23.5 Å². The number of hydrogen-bond donors (Lipinski definition) is 4. The van der Waals surface area contributed by atoms with Crippen LogP contribution in [0.15, 0.2) is 89.8 Å². The molecule has 3 rings (SSSR count). The second-order valence-electron chi connectivity index (χ2n) is 13.1. The molecule has 4 N–H and O–H groups in total. The van der Waals surface area contributed by atoms with Crippen molar-refractivity contribution in [1.29, 1.82) is 0 Å². The van der Waals surface area contributed by atoms with E-state index < -0.39 is 34.1 Å². The maximum absolute atomic E-state index is 14.1. The van der Waals surface area contributed by atoms with Crippen molar-refractivity contribution in [2.45, 2.75) is 88.9 Å². The summed E-state index contributed by atoms with van der Waals surface area (Å²) < 4.78 is 34.0. The molecule has 0 saturated carbocycles. The first kappa shape index (κ1) is 39.7. The number of alkyl carbamates (subject to hydrolysis) is 1. The zero-order valence-corrected chi connectivity index (χ0v) is 30.1. The third-order valence-electron chi connectivity index (χ3n) is 8.83. The largest absolute Gasteiger partial charge is 0.453 e. The molecule has 10 nitrogen and oxygen atoms in total. The van der Waals surface area contributed by atoms with Crippen molar-refractivity contribution < 1.29 is 33.0 Å². The van der Waals surface area contributed by atoms with Gasteiger partial charge >= 0.3 is 6.09 Å². The van der Waals surface area contributed by atoms with Crippen LogP contribution in [0.3, 0.4) is 0 Å². The van der Waals surface area contributed by atoms with E-state index in [1.807, 2.05) is 88.4 Å². The highest BCUT2D eigenvalue weighted by Gasteiger charge is 2.35. The van der Waals surface area contributed by atoms with Gasteiger partial charge in [0, 0.05) is 24.5 Å². The third kappa shape index (κ3) is 11.4. The molecule has 3 aromatic rings. The summed E-state index contributed by atoms with van der Waals surface area (Å²) in [6.45, 7) is 7.74. The molecule has 11 heteroatoms. The Balaban J connectivity index is 1.83. The number of methoxy groups -OCH3 is 1. The zero-order valence-electron chi connectivity index (χ0n) is 29.3. The highest BCUT2D eigenvalue weighted by Crippen LogP contribution is 2.29. The Bertz CT molecular complexity index is 1500. The number of sulfonamides is 1. The van der Waals surface area contributed by atoms with Gasteiger partial charge in [0.15, 0.2) is 0 Å². The van der Waals surface area contributed by atoms with E-state index in [9.17, 15) is 28.2 Å². The lowest BCUT2D eigenvalue weighted by Gasteiger charge is -2.32. The van der Waals surface area contributed by atoms with Crippen molar-refractivity contribution in [1.82, 2.24) is 14.9 Å². The molecule has 0 unspecified atom stereocenters. The second kappa shape index (κ2) is 19.4. The van der Waals surface area contributed by atoms with Crippen LogP contribution in [-0.2, 0) is 26.2 Å². The number of hydrogen-bond acceptors (Lipinski definition) is 7. The number of rotatable bonds is 19. The van der Waals surface area contributed by atoms with E-state index in [2.05, 4.69) is 10.6 Å². The summed E-state index contributed by atoms with van der Waals surface area (Å²) in [6.07, 6.45) is 1.32. The minimum atomic E-state index is -3.94. The second-order valence-corrected chi connectivity index (χ2v) is 15.0. The summed E-state index contributed by atoms with van der Waals surface area (Å²) >= 11 is 0. The average molecular weight is 696 g/mol. The molecule has 0 aliphatic rings. The minimum absolute atomic E-state index is 0.0213. The Kier molecular flexibility index (Phi) is 15.7. The predicted octanol–water partition coefficient (Wildman–Crippen LogP) is 5.44. The highest BCUT2D eigenvalue weighted by atomic mass is 32.2. The Hall–Kier alpha value is -3.77. The van der Waals surface area contributed by atoms with Crippen molar-refractivity contribution in [2.75, 3.05) is 20.3 Å². The summed E-state index contributed by atoms with van der Waals surface area (Å²) in [5.41, 5.74) is 2.31. The lowest BCUT2D eigenvalue weighted by molar-refractivity contribution is -0.124. The molecule has 0 aliphatic heterocycles. The van der Waals surface area contributed by atoms with E-state index in [1.54, 1.807) is 12.1 Å². The molecule has 0 radical (unpaired) electrons. The van der Waals surface area contributed by atoms with Gasteiger partial charge in [-0.05, 0) is 66.3 Å². The molecule has 0 heterocycles. The van der Waals surface area contributed by atoms with Crippen LogP contribution in [0.4, 0.5) is 4.79 Å². The van der Waals surface area contributed by atoms with Gasteiger partial charge in [-0.25, -0.2) is 13.2 Å². The first-order valence-corrected chi connectivity index (χ1v) is 18.4. The topological polar surface area (TPSA) is 145 Å². The standard InChI is InChI=1S/C38H53N3O7S/c1-27(2)23-24-41(49(46,47)33-21-19-29(25-42)20-22-33)32(26-43)17-12-18-34(28(3)4)39-37(44)36(40-38(45)48-5)35(30-13-8-6-9-14-30)31-15-10-7-11-16-31/h6-11,13-16,19-22,27-28,32,34-36,42-43H,12,17-18,23-26H2,1-5H3,(H,39,44)(H,40,45)/t32-,34+,36-/m0/s1. The Morgan fingerprint density at radius 2 is 1.37 bits per heavy atom. The summed E-state index contributed by atoms with van der Waals surface area (Å²) in [4.78, 5) is 26.8. The van der Waals surface area contributed by atoms with Crippen molar-refractivity contribution >= 4 is 22.0 Å². The van der Waals surface area contributed by atoms with Crippen molar-refractivity contribution in [3.05, 3.63) is 102 Å². The number of amides is 2. The van der Waals surface area contributed by atoms with E-state index in [-0.39, 0.29) is 48.4 Å². The smallest absolute Gasteiger partial charge is 0.407 e. The van der Waals surface area contributed by atoms with E-state index in [0.717, 1.165) is 11.1 Å². The molecule has 3 aromatic carbocycles. The van der Waals surface area contributed by atoms with Gasteiger partial charge in [0.2, 0.25) is 15.9 Å². The molecule has 0 aliphatic carbocycles. The molecular weight excluding hydrogens is 642 g/mol. The van der Waals surface area contributed by atoms with Crippen LogP contribution in [0, 0.1) is 11.8 Å². The quantitative estimate of drug-likeness (QED) is 0.131. The molecule has 0 spiro atoms. The van der Waals surface area contributed by atoms with Crippen LogP contribution < -0.4 is 10.6 Å². The molecule has 0 aromatic heterocycles. The molecule has 0 saturated heterocycles. The number of aliphatic hydroxyl groups excluding tert-OH is 2. The van der Waals surface area contributed by atoms with Crippen LogP contribution >= 0.6 is 0 Å². The molecule has 3 atom stereocenters. The number of nitrogens with zero attached hydrogens (tertiary/aromatic N) is 1. The minimum Gasteiger partial charge on any atom is -0.453 e. The van der Waals surface area contributed by atoms with Crippen LogP contribution in [-0.4, -0.2) is 73.3 Å². The molecule has 0 bridgehead atoms. The maximum atomic E-state index is 14.1. The summed E-state index contributed by atoms with van der Waals surface area (Å²) in [6, 6.07) is 23.2. The number of ether oxygens (including phenoxy) is 1. The van der Waals surface area contributed by atoms with Crippen LogP contribution in [0.5, 0.6) is 0 Å². The Morgan fingerprint density at radius 1 is 0.796 bits per heavy atom. The Labute approximate surface area is 291 Å². The van der Waals surface area contributed by atoms with Gasteiger partial charge in [0.05, 0.1) is 25.2 Å². The lowest BCUT2D eigenvalue weighted by atomic mass is 9.84. The maximum Gasteiger partial charge on any atom is 0.407 e. The third-order valence-corrected chi connectivity index (χ3v) is 10.8. The van der Waals surface area contributed by atoms with E-state index in [0.29, 0.717) is 31.2 Å². The van der Waals surface area contributed by atoms with Crippen molar-refractivity contribution in [3.63, 3.8) is 0 Å². The fourth-order valence-corrected chi connectivity index (χ4v) is 7.58. The monoisotopic (exact) mass is 695 g/mol.